The molecule has 30 heavy (non-hydrogen) atoms. The predicted molar refractivity (Wildman–Crippen MR) is 118 cm³/mol. The van der Waals surface area contributed by atoms with Crippen LogP contribution in [0.15, 0.2) is 48.5 Å². The third kappa shape index (κ3) is 10.2. The van der Waals surface area contributed by atoms with Crippen LogP contribution in [0, 0.1) is 6.92 Å². The van der Waals surface area contributed by atoms with Crippen molar-refractivity contribution in [3.8, 4) is 5.75 Å². The number of aliphatic hydroxyl groups is 4. The molecular weight excluding hydrogens is 384 g/mol. The molecule has 2 aromatic rings. The lowest BCUT2D eigenvalue weighted by Gasteiger charge is -2.21. The van der Waals surface area contributed by atoms with Crippen LogP contribution < -0.4 is 4.74 Å². The standard InChI is InChI=1S/C17H20O3.C5H10O3.C2H6/c1-13-4-2-3-5-15(13)10-14-6-8-17(9-7-14)20-12-16(19)11-18;6-4-1-5(7)3-8-2-4;1-2/h2-9,16,18-19H,10-12H2,1H3;4-7H,1-3H2;1-2H3. The van der Waals surface area contributed by atoms with Crippen molar-refractivity contribution in [1.82, 2.24) is 0 Å². The van der Waals surface area contributed by atoms with Crippen LogP contribution >= 0.6 is 0 Å². The summed E-state index contributed by atoms with van der Waals surface area (Å²) < 4.78 is 10.2. The van der Waals surface area contributed by atoms with Crippen molar-refractivity contribution in [3.63, 3.8) is 0 Å². The normalized spacial score (nSPS) is 18.9. The van der Waals surface area contributed by atoms with Gasteiger partial charge in [-0.1, -0.05) is 50.2 Å². The Bertz CT molecular complexity index is 680. The van der Waals surface area contributed by atoms with Crippen LogP contribution in [0.1, 0.15) is 37.0 Å². The zero-order valence-electron chi connectivity index (χ0n) is 18.2. The number of aryl methyl sites for hydroxylation is 1. The number of rotatable bonds is 6. The zero-order chi connectivity index (χ0) is 22.4. The van der Waals surface area contributed by atoms with Crippen molar-refractivity contribution in [2.75, 3.05) is 26.4 Å². The third-order valence-electron chi connectivity index (χ3n) is 4.40. The van der Waals surface area contributed by atoms with Crippen molar-refractivity contribution >= 4 is 0 Å². The average Bonchev–Trinajstić information content (AvgIpc) is 2.76. The Hall–Kier alpha value is -1.96. The van der Waals surface area contributed by atoms with Crippen molar-refractivity contribution < 1.29 is 29.9 Å². The van der Waals surface area contributed by atoms with Gasteiger partial charge in [-0.15, -0.1) is 0 Å². The molecule has 1 aliphatic rings. The summed E-state index contributed by atoms with van der Waals surface area (Å²) in [7, 11) is 0. The maximum absolute atomic E-state index is 9.22. The summed E-state index contributed by atoms with van der Waals surface area (Å²) in [5.41, 5.74) is 3.82. The second kappa shape index (κ2) is 14.9. The van der Waals surface area contributed by atoms with E-state index in [1.165, 1.54) is 16.7 Å². The van der Waals surface area contributed by atoms with Gasteiger partial charge in [-0.2, -0.15) is 0 Å². The number of benzene rings is 2. The summed E-state index contributed by atoms with van der Waals surface area (Å²) in [5, 5.41) is 35.5. The molecule has 2 aromatic carbocycles. The molecule has 1 heterocycles. The molecule has 1 saturated heterocycles. The van der Waals surface area contributed by atoms with Crippen LogP contribution in [0.3, 0.4) is 0 Å². The second-order valence-corrected chi connectivity index (χ2v) is 6.98. The summed E-state index contributed by atoms with van der Waals surface area (Å²) >= 11 is 0. The summed E-state index contributed by atoms with van der Waals surface area (Å²) in [6.07, 6.45) is -0.397. The fraction of sp³-hybridized carbons (Fsp3) is 0.500. The molecule has 0 spiro atoms. The van der Waals surface area contributed by atoms with E-state index in [-0.39, 0.29) is 13.2 Å². The predicted octanol–water partition coefficient (Wildman–Crippen LogP) is 2.47. The van der Waals surface area contributed by atoms with E-state index in [2.05, 4.69) is 25.1 Å². The van der Waals surface area contributed by atoms with E-state index in [4.69, 9.17) is 24.8 Å². The van der Waals surface area contributed by atoms with Gasteiger partial charge in [0.1, 0.15) is 18.5 Å². The maximum atomic E-state index is 9.22. The first kappa shape index (κ1) is 26.1. The first-order valence-corrected chi connectivity index (χ1v) is 10.5. The molecule has 0 amide bonds. The Balaban J connectivity index is 0.000000375. The van der Waals surface area contributed by atoms with Gasteiger partial charge in [-0.3, -0.25) is 0 Å². The van der Waals surface area contributed by atoms with Gasteiger partial charge in [0.15, 0.2) is 0 Å². The topological polar surface area (TPSA) is 99.4 Å². The van der Waals surface area contributed by atoms with Gasteiger partial charge in [0.25, 0.3) is 0 Å². The number of ether oxygens (including phenoxy) is 2. The quantitative estimate of drug-likeness (QED) is 0.573. The molecule has 6 nitrogen and oxygen atoms in total. The molecular formula is C24H36O6. The summed E-state index contributed by atoms with van der Waals surface area (Å²) in [6.45, 7) is 6.68. The number of aliphatic hydroxyl groups excluding tert-OH is 4. The van der Waals surface area contributed by atoms with E-state index in [1.54, 1.807) is 0 Å². The SMILES string of the molecule is CC.Cc1ccccc1Cc1ccc(OCC(O)CO)cc1.OC1COCC(O)C1. The first-order valence-electron chi connectivity index (χ1n) is 10.5. The average molecular weight is 421 g/mol. The highest BCUT2D eigenvalue weighted by molar-refractivity contribution is 5.34. The maximum Gasteiger partial charge on any atom is 0.119 e. The van der Waals surface area contributed by atoms with Gasteiger partial charge in [0.2, 0.25) is 0 Å². The molecule has 1 fully saturated rings. The van der Waals surface area contributed by atoms with Crippen LogP contribution in [-0.2, 0) is 11.2 Å². The van der Waals surface area contributed by atoms with Crippen molar-refractivity contribution in [1.29, 1.82) is 0 Å². The Morgan fingerprint density at radius 3 is 2.10 bits per heavy atom. The Kier molecular flexibility index (Phi) is 13.0. The van der Waals surface area contributed by atoms with E-state index >= 15 is 0 Å². The molecule has 0 saturated carbocycles. The van der Waals surface area contributed by atoms with Crippen LogP contribution in [0.25, 0.3) is 0 Å². The molecule has 3 unspecified atom stereocenters. The molecule has 168 valence electrons. The van der Waals surface area contributed by atoms with Crippen LogP contribution in [0.4, 0.5) is 0 Å². The summed E-state index contributed by atoms with van der Waals surface area (Å²) in [5.74, 6) is 0.700. The minimum Gasteiger partial charge on any atom is -0.491 e. The monoisotopic (exact) mass is 420 g/mol. The summed E-state index contributed by atoms with van der Waals surface area (Å²) in [4.78, 5) is 0. The lowest BCUT2D eigenvalue weighted by atomic mass is 10.0. The number of hydrogen-bond acceptors (Lipinski definition) is 6. The minimum absolute atomic E-state index is 0.105. The summed E-state index contributed by atoms with van der Waals surface area (Å²) in [6, 6.07) is 16.2. The van der Waals surface area contributed by atoms with Gasteiger partial charge < -0.3 is 29.9 Å². The smallest absolute Gasteiger partial charge is 0.119 e. The fourth-order valence-electron chi connectivity index (χ4n) is 2.77. The largest absolute Gasteiger partial charge is 0.491 e. The molecule has 3 rings (SSSR count). The van der Waals surface area contributed by atoms with Crippen molar-refractivity contribution in [3.05, 3.63) is 65.2 Å². The molecule has 6 heteroatoms. The van der Waals surface area contributed by atoms with Gasteiger partial charge in [-0.25, -0.2) is 0 Å². The Morgan fingerprint density at radius 2 is 1.60 bits per heavy atom. The van der Waals surface area contributed by atoms with Gasteiger partial charge >= 0.3 is 0 Å². The molecule has 4 N–H and O–H groups in total. The fourth-order valence-corrected chi connectivity index (χ4v) is 2.77. The van der Waals surface area contributed by atoms with E-state index in [0.717, 1.165) is 6.42 Å². The Morgan fingerprint density at radius 1 is 1.00 bits per heavy atom. The highest BCUT2D eigenvalue weighted by Crippen LogP contribution is 2.17. The number of hydrogen-bond donors (Lipinski definition) is 4. The lowest BCUT2D eigenvalue weighted by Crippen LogP contribution is -2.32. The molecule has 0 radical (unpaired) electrons. The van der Waals surface area contributed by atoms with Crippen LogP contribution in [-0.4, -0.2) is 65.2 Å². The van der Waals surface area contributed by atoms with Gasteiger partial charge in [-0.05, 0) is 42.2 Å². The zero-order valence-corrected chi connectivity index (χ0v) is 18.2. The van der Waals surface area contributed by atoms with Crippen LogP contribution in [0.5, 0.6) is 5.75 Å². The molecule has 0 aromatic heterocycles. The highest BCUT2D eigenvalue weighted by Gasteiger charge is 2.17. The third-order valence-corrected chi connectivity index (χ3v) is 4.40. The molecule has 3 atom stereocenters. The highest BCUT2D eigenvalue weighted by atomic mass is 16.5. The minimum atomic E-state index is -0.832. The van der Waals surface area contributed by atoms with E-state index in [0.29, 0.717) is 25.4 Å². The molecule has 0 aliphatic carbocycles. The van der Waals surface area contributed by atoms with E-state index in [9.17, 15) is 5.11 Å². The molecule has 1 aliphatic heterocycles. The first-order chi connectivity index (χ1) is 14.5. The van der Waals surface area contributed by atoms with E-state index in [1.807, 2.05) is 44.2 Å². The van der Waals surface area contributed by atoms with Crippen molar-refractivity contribution in [2.24, 2.45) is 0 Å². The Labute approximate surface area is 179 Å². The second-order valence-electron chi connectivity index (χ2n) is 6.98. The van der Waals surface area contributed by atoms with Crippen LogP contribution in [0.2, 0.25) is 0 Å². The van der Waals surface area contributed by atoms with E-state index < -0.39 is 18.3 Å². The van der Waals surface area contributed by atoms with Crippen molar-refractivity contribution in [2.45, 2.75) is 51.9 Å². The molecule has 0 bridgehead atoms. The van der Waals surface area contributed by atoms with Gasteiger partial charge in [0.05, 0.1) is 32.0 Å². The van der Waals surface area contributed by atoms with Gasteiger partial charge in [0, 0.05) is 6.42 Å². The lowest BCUT2D eigenvalue weighted by molar-refractivity contribution is -0.0714.